The minimum Gasteiger partial charge on any atom is -0.462 e. The third-order valence-corrected chi connectivity index (χ3v) is 2.80. The van der Waals surface area contributed by atoms with E-state index in [9.17, 15) is 4.79 Å². The molecule has 0 radical (unpaired) electrons. The van der Waals surface area contributed by atoms with Gasteiger partial charge in [0.25, 0.3) is 0 Å². The van der Waals surface area contributed by atoms with E-state index in [1.807, 2.05) is 0 Å². The van der Waals surface area contributed by atoms with E-state index < -0.39 is 0 Å². The molecule has 0 spiro atoms. The van der Waals surface area contributed by atoms with Gasteiger partial charge in [-0.15, -0.1) is 0 Å². The van der Waals surface area contributed by atoms with Gasteiger partial charge in [-0.25, -0.2) is 14.8 Å². The Morgan fingerprint density at radius 2 is 2.35 bits per heavy atom. The summed E-state index contributed by atoms with van der Waals surface area (Å²) in [4.78, 5) is 19.9. The molecule has 0 saturated carbocycles. The molecule has 0 aromatic carbocycles. The van der Waals surface area contributed by atoms with Crippen molar-refractivity contribution in [1.29, 1.82) is 0 Å². The van der Waals surface area contributed by atoms with E-state index in [1.165, 1.54) is 18.9 Å². The van der Waals surface area contributed by atoms with Crippen LogP contribution in [0.5, 0.6) is 0 Å². The zero-order valence-corrected chi connectivity index (χ0v) is 9.98. The number of carbonyl (C=O) groups is 1. The van der Waals surface area contributed by atoms with Gasteiger partial charge in [0.2, 0.25) is 0 Å². The Balaban J connectivity index is 2.33. The molecule has 0 bridgehead atoms. The van der Waals surface area contributed by atoms with Gasteiger partial charge in [-0.2, -0.15) is 0 Å². The van der Waals surface area contributed by atoms with Crippen LogP contribution in [0, 0.1) is 0 Å². The van der Waals surface area contributed by atoms with Crippen molar-refractivity contribution in [2.45, 2.75) is 32.6 Å². The Bertz CT molecular complexity index is 441. The molecular formula is C13H16N2O2. The number of allylic oxidation sites excluding steroid dienone is 2. The smallest absolute Gasteiger partial charge is 0.341 e. The summed E-state index contributed by atoms with van der Waals surface area (Å²) in [5, 5.41) is 0. The first-order valence-corrected chi connectivity index (χ1v) is 5.99. The van der Waals surface area contributed by atoms with Gasteiger partial charge in [0.15, 0.2) is 0 Å². The molecule has 4 heteroatoms. The highest BCUT2D eigenvalue weighted by Gasteiger charge is 2.18. The van der Waals surface area contributed by atoms with Crippen LogP contribution >= 0.6 is 0 Å². The summed E-state index contributed by atoms with van der Waals surface area (Å²) in [6, 6.07) is 0. The average Bonchev–Trinajstić information content (AvgIpc) is 2.40. The highest BCUT2D eigenvalue weighted by atomic mass is 16.5. The topological polar surface area (TPSA) is 52.1 Å². The standard InChI is InChI=1S/C13H16N2O2/c1-2-17-13(16)11-8-14-9-15-12(11)10-6-4-3-5-7-10/h6,8-9H,2-5,7H2,1H3. The van der Waals surface area contributed by atoms with Crippen LogP contribution < -0.4 is 0 Å². The van der Waals surface area contributed by atoms with Crippen LogP contribution in [-0.2, 0) is 4.74 Å². The Morgan fingerprint density at radius 3 is 3.06 bits per heavy atom. The second-order valence-corrected chi connectivity index (χ2v) is 3.98. The number of carbonyl (C=O) groups excluding carboxylic acids is 1. The molecule has 0 aliphatic heterocycles. The number of aromatic nitrogens is 2. The van der Waals surface area contributed by atoms with Gasteiger partial charge in [0.05, 0.1) is 12.3 Å². The number of ether oxygens (including phenoxy) is 1. The first-order chi connectivity index (χ1) is 8.33. The predicted molar refractivity (Wildman–Crippen MR) is 64.4 cm³/mol. The molecule has 0 atom stereocenters. The first-order valence-electron chi connectivity index (χ1n) is 5.99. The fourth-order valence-corrected chi connectivity index (χ4v) is 2.00. The maximum absolute atomic E-state index is 11.8. The molecule has 0 amide bonds. The molecule has 90 valence electrons. The van der Waals surface area contributed by atoms with Gasteiger partial charge in [-0.1, -0.05) is 6.08 Å². The summed E-state index contributed by atoms with van der Waals surface area (Å²) in [5.41, 5.74) is 2.35. The van der Waals surface area contributed by atoms with Crippen molar-refractivity contribution in [3.05, 3.63) is 29.9 Å². The Hall–Kier alpha value is -1.71. The molecule has 1 aromatic heterocycles. The predicted octanol–water partition coefficient (Wildman–Crippen LogP) is 2.61. The van der Waals surface area contributed by atoms with Crippen LogP contribution in [-0.4, -0.2) is 22.5 Å². The minimum atomic E-state index is -0.338. The number of hydrogen-bond acceptors (Lipinski definition) is 4. The summed E-state index contributed by atoms with van der Waals surface area (Å²) in [6.07, 6.45) is 9.57. The third-order valence-electron chi connectivity index (χ3n) is 2.80. The minimum absolute atomic E-state index is 0.338. The molecule has 4 nitrogen and oxygen atoms in total. The molecule has 1 heterocycles. The van der Waals surface area contributed by atoms with E-state index in [4.69, 9.17) is 4.74 Å². The van der Waals surface area contributed by atoms with E-state index in [2.05, 4.69) is 16.0 Å². The van der Waals surface area contributed by atoms with Gasteiger partial charge >= 0.3 is 5.97 Å². The van der Waals surface area contributed by atoms with Gasteiger partial charge in [-0.05, 0) is 38.2 Å². The lowest BCUT2D eigenvalue weighted by atomic mass is 9.95. The normalized spacial score (nSPS) is 15.2. The van der Waals surface area contributed by atoms with Crippen LogP contribution in [0.2, 0.25) is 0 Å². The largest absolute Gasteiger partial charge is 0.462 e. The molecular weight excluding hydrogens is 216 g/mol. The van der Waals surface area contributed by atoms with Crippen LogP contribution in [0.25, 0.3) is 5.57 Å². The molecule has 0 N–H and O–H groups in total. The Kier molecular flexibility index (Phi) is 3.85. The van der Waals surface area contributed by atoms with Crippen LogP contribution in [0.15, 0.2) is 18.6 Å². The molecule has 1 aliphatic carbocycles. The van der Waals surface area contributed by atoms with Crippen molar-refractivity contribution in [3.63, 3.8) is 0 Å². The molecule has 2 rings (SSSR count). The Morgan fingerprint density at radius 1 is 1.47 bits per heavy atom. The first kappa shape index (κ1) is 11.8. The fraction of sp³-hybridized carbons (Fsp3) is 0.462. The summed E-state index contributed by atoms with van der Waals surface area (Å²) in [5.74, 6) is -0.338. The van der Waals surface area contributed by atoms with Crippen molar-refractivity contribution >= 4 is 11.5 Å². The van der Waals surface area contributed by atoms with E-state index in [-0.39, 0.29) is 5.97 Å². The molecule has 0 unspecified atom stereocenters. The van der Waals surface area contributed by atoms with Crippen LogP contribution in [0.4, 0.5) is 0 Å². The Labute approximate surface area is 101 Å². The van der Waals surface area contributed by atoms with E-state index >= 15 is 0 Å². The van der Waals surface area contributed by atoms with Crippen molar-refractivity contribution in [1.82, 2.24) is 9.97 Å². The van der Waals surface area contributed by atoms with Gasteiger partial charge in [-0.3, -0.25) is 0 Å². The average molecular weight is 232 g/mol. The molecule has 0 saturated heterocycles. The molecule has 1 aromatic rings. The van der Waals surface area contributed by atoms with Crippen molar-refractivity contribution in [2.75, 3.05) is 6.61 Å². The lowest BCUT2D eigenvalue weighted by molar-refractivity contribution is 0.0525. The summed E-state index contributed by atoms with van der Waals surface area (Å²) in [6.45, 7) is 2.16. The highest BCUT2D eigenvalue weighted by molar-refractivity contribution is 5.94. The monoisotopic (exact) mass is 232 g/mol. The lowest BCUT2D eigenvalue weighted by Crippen LogP contribution is -2.10. The van der Waals surface area contributed by atoms with E-state index in [0.717, 1.165) is 30.5 Å². The number of hydrogen-bond donors (Lipinski definition) is 0. The second-order valence-electron chi connectivity index (χ2n) is 3.98. The van der Waals surface area contributed by atoms with Crippen LogP contribution in [0.3, 0.4) is 0 Å². The van der Waals surface area contributed by atoms with E-state index in [1.54, 1.807) is 6.92 Å². The van der Waals surface area contributed by atoms with E-state index in [0.29, 0.717) is 12.2 Å². The lowest BCUT2D eigenvalue weighted by Gasteiger charge is -2.14. The number of nitrogens with zero attached hydrogens (tertiary/aromatic N) is 2. The van der Waals surface area contributed by atoms with Gasteiger partial charge < -0.3 is 4.74 Å². The maximum Gasteiger partial charge on any atom is 0.341 e. The van der Waals surface area contributed by atoms with Crippen LogP contribution in [0.1, 0.15) is 48.7 Å². The van der Waals surface area contributed by atoms with Crippen molar-refractivity contribution in [3.8, 4) is 0 Å². The van der Waals surface area contributed by atoms with Gasteiger partial charge in [0, 0.05) is 6.20 Å². The summed E-state index contributed by atoms with van der Waals surface area (Å²) in [7, 11) is 0. The fourth-order valence-electron chi connectivity index (χ4n) is 2.00. The number of esters is 1. The number of rotatable bonds is 3. The zero-order chi connectivity index (χ0) is 12.1. The molecule has 1 aliphatic rings. The highest BCUT2D eigenvalue weighted by Crippen LogP contribution is 2.27. The van der Waals surface area contributed by atoms with Crippen molar-refractivity contribution < 1.29 is 9.53 Å². The zero-order valence-electron chi connectivity index (χ0n) is 9.98. The van der Waals surface area contributed by atoms with Gasteiger partial charge in [0.1, 0.15) is 11.9 Å². The quantitative estimate of drug-likeness (QED) is 0.752. The third kappa shape index (κ3) is 2.70. The maximum atomic E-state index is 11.8. The summed E-state index contributed by atoms with van der Waals surface area (Å²) >= 11 is 0. The summed E-state index contributed by atoms with van der Waals surface area (Å²) < 4.78 is 5.01. The SMILES string of the molecule is CCOC(=O)c1cncnc1C1=CCCCC1. The second kappa shape index (κ2) is 5.57. The molecule has 0 fully saturated rings. The van der Waals surface area contributed by atoms with Crippen molar-refractivity contribution in [2.24, 2.45) is 0 Å². The molecule has 17 heavy (non-hydrogen) atoms.